The fraction of sp³-hybridized carbons (Fsp3) is 0.500. The van der Waals surface area contributed by atoms with Gasteiger partial charge in [0.25, 0.3) is 0 Å². The largest absolute Gasteiger partial charge is 0.496 e. The third kappa shape index (κ3) is 4.18. The van der Waals surface area contributed by atoms with Crippen molar-refractivity contribution in [1.82, 2.24) is 4.31 Å². The summed E-state index contributed by atoms with van der Waals surface area (Å²) >= 11 is 0. The van der Waals surface area contributed by atoms with Crippen LogP contribution in [-0.2, 0) is 19.6 Å². The van der Waals surface area contributed by atoms with Gasteiger partial charge in [-0.1, -0.05) is 6.92 Å². The van der Waals surface area contributed by atoms with Gasteiger partial charge in [-0.15, -0.1) is 0 Å². The minimum Gasteiger partial charge on any atom is -0.496 e. The van der Waals surface area contributed by atoms with E-state index in [2.05, 4.69) is 4.74 Å². The van der Waals surface area contributed by atoms with Crippen molar-refractivity contribution in [3.05, 3.63) is 23.8 Å². The average Bonchev–Trinajstić information content (AvgIpc) is 2.46. The summed E-state index contributed by atoms with van der Waals surface area (Å²) in [4.78, 5) is 11.5. The minimum absolute atomic E-state index is 0.137. The number of hydrogen-bond donors (Lipinski definition) is 0. The molecule has 21 heavy (non-hydrogen) atoms. The summed E-state index contributed by atoms with van der Waals surface area (Å²) in [6.07, 6.45) is 0.603. The minimum atomic E-state index is -3.74. The van der Waals surface area contributed by atoms with Crippen LogP contribution >= 0.6 is 0 Å². The quantitative estimate of drug-likeness (QED) is 0.714. The lowest BCUT2D eigenvalue weighted by molar-refractivity contribution is -0.140. The number of esters is 1. The fourth-order valence-corrected chi connectivity index (χ4v) is 3.46. The van der Waals surface area contributed by atoms with E-state index in [0.29, 0.717) is 17.7 Å². The molecular weight excluding hydrogens is 294 g/mol. The van der Waals surface area contributed by atoms with E-state index in [-0.39, 0.29) is 18.0 Å². The van der Waals surface area contributed by atoms with Gasteiger partial charge < -0.3 is 9.47 Å². The number of carbonyl (C=O) groups excluding carboxylic acids is 1. The summed E-state index contributed by atoms with van der Waals surface area (Å²) in [6.45, 7) is 3.57. The highest BCUT2D eigenvalue weighted by Crippen LogP contribution is 2.23. The Labute approximate surface area is 125 Å². The number of hydrogen-bond acceptors (Lipinski definition) is 5. The molecule has 1 rings (SSSR count). The fourth-order valence-electron chi connectivity index (χ4n) is 1.90. The first kappa shape index (κ1) is 17.5. The van der Waals surface area contributed by atoms with Crippen molar-refractivity contribution in [2.24, 2.45) is 0 Å². The molecule has 0 unspecified atom stereocenters. The molecule has 0 aliphatic heterocycles. The van der Waals surface area contributed by atoms with Gasteiger partial charge >= 0.3 is 5.97 Å². The van der Waals surface area contributed by atoms with Gasteiger partial charge in [0.15, 0.2) is 0 Å². The maximum absolute atomic E-state index is 12.6. The molecule has 1 aromatic rings. The van der Waals surface area contributed by atoms with Crippen molar-refractivity contribution < 1.29 is 22.7 Å². The van der Waals surface area contributed by atoms with Crippen molar-refractivity contribution in [3.8, 4) is 5.75 Å². The molecule has 6 nitrogen and oxygen atoms in total. The first-order valence-corrected chi connectivity index (χ1v) is 8.02. The van der Waals surface area contributed by atoms with Gasteiger partial charge in [0, 0.05) is 6.54 Å². The molecule has 7 heteroatoms. The summed E-state index contributed by atoms with van der Waals surface area (Å²) in [7, 11) is -0.981. The topological polar surface area (TPSA) is 72.9 Å². The van der Waals surface area contributed by atoms with Crippen LogP contribution in [0, 0.1) is 6.92 Å². The number of sulfonamides is 1. The van der Waals surface area contributed by atoms with E-state index in [1.807, 2.05) is 6.92 Å². The van der Waals surface area contributed by atoms with Crippen LogP contribution in [0.3, 0.4) is 0 Å². The summed E-state index contributed by atoms with van der Waals surface area (Å²) in [6, 6.07) is 4.61. The van der Waals surface area contributed by atoms with Crippen LogP contribution in [0.2, 0.25) is 0 Å². The highest BCUT2D eigenvalue weighted by Gasteiger charge is 2.26. The lowest BCUT2D eigenvalue weighted by atomic mass is 10.2. The van der Waals surface area contributed by atoms with Crippen LogP contribution in [0.4, 0.5) is 0 Å². The van der Waals surface area contributed by atoms with Gasteiger partial charge in [-0.05, 0) is 37.1 Å². The Balaban J connectivity index is 3.16. The Morgan fingerprint density at radius 1 is 1.29 bits per heavy atom. The Morgan fingerprint density at radius 3 is 2.43 bits per heavy atom. The predicted octanol–water partition coefficient (Wildman–Crippen LogP) is 1.58. The molecule has 0 heterocycles. The molecule has 0 saturated heterocycles. The highest BCUT2D eigenvalue weighted by molar-refractivity contribution is 7.89. The second-order valence-electron chi connectivity index (χ2n) is 4.55. The standard InChI is InChI=1S/C14H21NO5S/c1-5-8-15(10-14(16)20-4)21(17,18)12-6-7-13(19-3)11(2)9-12/h6-7,9H,5,8,10H2,1-4H3. The number of methoxy groups -OCH3 is 2. The maximum Gasteiger partial charge on any atom is 0.321 e. The van der Waals surface area contributed by atoms with E-state index >= 15 is 0 Å². The van der Waals surface area contributed by atoms with E-state index in [4.69, 9.17) is 4.74 Å². The third-order valence-electron chi connectivity index (χ3n) is 3.01. The second kappa shape index (κ2) is 7.42. The Morgan fingerprint density at radius 2 is 1.95 bits per heavy atom. The van der Waals surface area contributed by atoms with Gasteiger partial charge in [-0.2, -0.15) is 4.31 Å². The zero-order valence-electron chi connectivity index (χ0n) is 12.8. The predicted molar refractivity (Wildman–Crippen MR) is 78.8 cm³/mol. The molecule has 0 amide bonds. The van der Waals surface area contributed by atoms with Crippen molar-refractivity contribution in [1.29, 1.82) is 0 Å². The summed E-state index contributed by atoms with van der Waals surface area (Å²) in [5.41, 5.74) is 0.716. The Bertz CT molecular complexity index is 597. The van der Waals surface area contributed by atoms with Gasteiger partial charge in [0.05, 0.1) is 19.1 Å². The number of rotatable bonds is 7. The normalized spacial score (nSPS) is 11.5. The second-order valence-corrected chi connectivity index (χ2v) is 6.48. The molecule has 0 aromatic heterocycles. The number of nitrogens with zero attached hydrogens (tertiary/aromatic N) is 1. The molecule has 0 atom stereocenters. The van der Waals surface area contributed by atoms with Crippen molar-refractivity contribution >= 4 is 16.0 Å². The van der Waals surface area contributed by atoms with Crippen molar-refractivity contribution in [2.75, 3.05) is 27.3 Å². The molecule has 0 bridgehead atoms. The van der Waals surface area contributed by atoms with E-state index in [1.165, 1.54) is 26.4 Å². The summed E-state index contributed by atoms with van der Waals surface area (Å²) in [5.74, 6) is 0.0289. The van der Waals surface area contributed by atoms with E-state index in [0.717, 1.165) is 4.31 Å². The molecule has 0 saturated carbocycles. The lowest BCUT2D eigenvalue weighted by Gasteiger charge is -2.20. The summed E-state index contributed by atoms with van der Waals surface area (Å²) in [5, 5.41) is 0. The molecule has 0 aliphatic carbocycles. The van der Waals surface area contributed by atoms with Crippen LogP contribution in [0.5, 0.6) is 5.75 Å². The molecule has 0 fully saturated rings. The first-order valence-electron chi connectivity index (χ1n) is 6.58. The third-order valence-corrected chi connectivity index (χ3v) is 4.85. The molecule has 118 valence electrons. The zero-order valence-corrected chi connectivity index (χ0v) is 13.6. The number of aryl methyl sites for hydroxylation is 1. The monoisotopic (exact) mass is 315 g/mol. The zero-order chi connectivity index (χ0) is 16.0. The van der Waals surface area contributed by atoms with Crippen molar-refractivity contribution in [2.45, 2.75) is 25.2 Å². The van der Waals surface area contributed by atoms with Crippen LogP contribution in [0.15, 0.2) is 23.1 Å². The molecule has 0 aliphatic rings. The Hall–Kier alpha value is -1.60. The molecule has 0 radical (unpaired) electrons. The molecule has 1 aromatic carbocycles. The highest BCUT2D eigenvalue weighted by atomic mass is 32.2. The molecule has 0 spiro atoms. The molecule has 0 N–H and O–H groups in total. The van der Waals surface area contributed by atoms with E-state index in [1.54, 1.807) is 13.0 Å². The van der Waals surface area contributed by atoms with E-state index in [9.17, 15) is 13.2 Å². The summed E-state index contributed by atoms with van der Waals surface area (Å²) < 4.78 is 36.0. The van der Waals surface area contributed by atoms with Crippen LogP contribution in [0.1, 0.15) is 18.9 Å². The number of ether oxygens (including phenoxy) is 2. The van der Waals surface area contributed by atoms with Crippen LogP contribution in [-0.4, -0.2) is 46.0 Å². The SMILES string of the molecule is CCCN(CC(=O)OC)S(=O)(=O)c1ccc(OC)c(C)c1. The van der Waals surface area contributed by atoms with Gasteiger partial charge in [-0.3, -0.25) is 4.79 Å². The average molecular weight is 315 g/mol. The first-order chi connectivity index (χ1) is 9.86. The number of carbonyl (C=O) groups is 1. The smallest absolute Gasteiger partial charge is 0.321 e. The van der Waals surface area contributed by atoms with Crippen LogP contribution < -0.4 is 4.74 Å². The number of benzene rings is 1. The maximum atomic E-state index is 12.6. The van der Waals surface area contributed by atoms with Gasteiger partial charge in [0.2, 0.25) is 10.0 Å². The lowest BCUT2D eigenvalue weighted by Crippen LogP contribution is -2.36. The van der Waals surface area contributed by atoms with Gasteiger partial charge in [-0.25, -0.2) is 8.42 Å². The molecular formula is C14H21NO5S. The van der Waals surface area contributed by atoms with Crippen LogP contribution in [0.25, 0.3) is 0 Å². The van der Waals surface area contributed by atoms with Crippen molar-refractivity contribution in [3.63, 3.8) is 0 Å². The van der Waals surface area contributed by atoms with Gasteiger partial charge in [0.1, 0.15) is 12.3 Å². The van der Waals surface area contributed by atoms with E-state index < -0.39 is 16.0 Å². The Kier molecular flexibility index (Phi) is 6.17.